The number of ether oxygens (including phenoxy) is 1. The molecular weight excluding hydrogens is 536 g/mol. The maximum absolute atomic E-state index is 14.7. The van der Waals surface area contributed by atoms with Gasteiger partial charge in [0.25, 0.3) is 5.91 Å². The normalized spacial score (nSPS) is 17.6. The van der Waals surface area contributed by atoms with Gasteiger partial charge >= 0.3 is 6.18 Å². The maximum Gasteiger partial charge on any atom is 0.416 e. The number of alkyl halides is 3. The number of nitrogens with one attached hydrogen (secondary N) is 1. The van der Waals surface area contributed by atoms with Crippen LogP contribution < -0.4 is 9.46 Å². The van der Waals surface area contributed by atoms with Gasteiger partial charge in [0.05, 0.1) is 24.0 Å². The molecule has 6 nitrogen and oxygen atoms in total. The van der Waals surface area contributed by atoms with E-state index < -0.39 is 33.5 Å². The van der Waals surface area contributed by atoms with Crippen LogP contribution in [-0.2, 0) is 22.7 Å². The molecule has 1 aliphatic carbocycles. The smallest absolute Gasteiger partial charge is 0.416 e. The van der Waals surface area contributed by atoms with E-state index >= 15 is 0 Å². The van der Waals surface area contributed by atoms with Gasteiger partial charge in [0.1, 0.15) is 11.6 Å². The Morgan fingerprint density at radius 2 is 1.81 bits per heavy atom. The van der Waals surface area contributed by atoms with Gasteiger partial charge in [-0.2, -0.15) is 13.2 Å². The first kappa shape index (κ1) is 27.7. The SMILES string of the molecule is CS(=O)(=O)NC(=O)c1cc(C2CC2)c(OCC2CCN(Cc3cc(C(F)(F)F)ccc3Cl)CC2)cc1F. The van der Waals surface area contributed by atoms with E-state index in [1.54, 1.807) is 4.72 Å². The van der Waals surface area contributed by atoms with E-state index in [-0.39, 0.29) is 17.4 Å². The van der Waals surface area contributed by atoms with Crippen LogP contribution in [0.25, 0.3) is 0 Å². The summed E-state index contributed by atoms with van der Waals surface area (Å²) in [4.78, 5) is 14.2. The number of piperidine rings is 1. The molecule has 2 fully saturated rings. The minimum Gasteiger partial charge on any atom is -0.493 e. The van der Waals surface area contributed by atoms with Crippen molar-refractivity contribution in [3.63, 3.8) is 0 Å². The average molecular weight is 563 g/mol. The number of amides is 1. The lowest BCUT2D eigenvalue weighted by Gasteiger charge is -2.32. The zero-order valence-electron chi connectivity index (χ0n) is 20.1. The second-order valence-corrected chi connectivity index (χ2v) is 11.8. The van der Waals surface area contributed by atoms with Gasteiger partial charge in [0.15, 0.2) is 0 Å². The van der Waals surface area contributed by atoms with Crippen molar-refractivity contribution in [1.29, 1.82) is 0 Å². The molecule has 1 heterocycles. The Bertz CT molecular complexity index is 1270. The van der Waals surface area contributed by atoms with Crippen LogP contribution in [0.5, 0.6) is 5.75 Å². The van der Waals surface area contributed by atoms with Crippen LogP contribution in [0.1, 0.15) is 58.6 Å². The van der Waals surface area contributed by atoms with E-state index in [9.17, 15) is 30.8 Å². The molecule has 1 saturated carbocycles. The number of likely N-dealkylation sites (tertiary alicyclic amines) is 1. The van der Waals surface area contributed by atoms with Crippen molar-refractivity contribution in [1.82, 2.24) is 9.62 Å². The molecule has 2 aliphatic rings. The number of hydrogen-bond acceptors (Lipinski definition) is 5. The summed E-state index contributed by atoms with van der Waals surface area (Å²) in [7, 11) is -3.84. The summed E-state index contributed by atoms with van der Waals surface area (Å²) < 4.78 is 84.3. The highest BCUT2D eigenvalue weighted by molar-refractivity contribution is 7.89. The van der Waals surface area contributed by atoms with Crippen molar-refractivity contribution in [2.24, 2.45) is 5.92 Å². The molecule has 1 amide bonds. The number of carbonyl (C=O) groups is 1. The van der Waals surface area contributed by atoms with Gasteiger partial charge in [-0.15, -0.1) is 0 Å². The monoisotopic (exact) mass is 562 g/mol. The minimum absolute atomic E-state index is 0.124. The Kier molecular flexibility index (Phi) is 8.06. The fraction of sp³-hybridized carbons (Fsp3) is 0.480. The number of carbonyl (C=O) groups excluding carboxylic acids is 1. The van der Waals surface area contributed by atoms with Crippen LogP contribution in [0.3, 0.4) is 0 Å². The fourth-order valence-electron chi connectivity index (χ4n) is 4.44. The summed E-state index contributed by atoms with van der Waals surface area (Å²) in [5.74, 6) is -1.26. The molecule has 2 aromatic rings. The van der Waals surface area contributed by atoms with E-state index in [0.29, 0.717) is 48.1 Å². The maximum atomic E-state index is 14.7. The van der Waals surface area contributed by atoms with Crippen molar-refractivity contribution in [2.75, 3.05) is 26.0 Å². The molecule has 1 saturated heterocycles. The zero-order chi connectivity index (χ0) is 27.0. The van der Waals surface area contributed by atoms with Gasteiger partial charge in [-0.05, 0) is 86.0 Å². The van der Waals surface area contributed by atoms with Crippen molar-refractivity contribution in [3.8, 4) is 5.75 Å². The number of hydrogen-bond donors (Lipinski definition) is 1. The molecule has 0 bridgehead atoms. The third-order valence-electron chi connectivity index (χ3n) is 6.59. The van der Waals surface area contributed by atoms with Crippen LogP contribution in [0.4, 0.5) is 17.6 Å². The Balaban J connectivity index is 1.36. The largest absolute Gasteiger partial charge is 0.493 e. The van der Waals surface area contributed by atoms with Crippen molar-refractivity contribution in [2.45, 2.75) is 44.3 Å². The molecular formula is C25H27ClF4N2O4S. The first-order valence-corrected chi connectivity index (χ1v) is 14.1. The number of nitrogens with zero attached hydrogens (tertiary/aromatic N) is 1. The summed E-state index contributed by atoms with van der Waals surface area (Å²) in [6.07, 6.45) is -0.393. The molecule has 1 N–H and O–H groups in total. The predicted octanol–water partition coefficient (Wildman–Crippen LogP) is 5.36. The van der Waals surface area contributed by atoms with Gasteiger partial charge in [-0.3, -0.25) is 9.69 Å². The molecule has 0 spiro atoms. The summed E-state index contributed by atoms with van der Waals surface area (Å²) >= 11 is 6.13. The molecule has 0 radical (unpaired) electrons. The lowest BCUT2D eigenvalue weighted by Crippen LogP contribution is -2.35. The predicted molar refractivity (Wildman–Crippen MR) is 131 cm³/mol. The third-order valence-corrected chi connectivity index (χ3v) is 7.51. The van der Waals surface area contributed by atoms with E-state index in [1.807, 2.05) is 4.90 Å². The quantitative estimate of drug-likeness (QED) is 0.439. The molecule has 2 aromatic carbocycles. The number of halogens is 5. The van der Waals surface area contributed by atoms with Gasteiger partial charge in [0.2, 0.25) is 10.0 Å². The lowest BCUT2D eigenvalue weighted by molar-refractivity contribution is -0.137. The van der Waals surface area contributed by atoms with Crippen molar-refractivity contribution >= 4 is 27.5 Å². The van der Waals surface area contributed by atoms with E-state index in [4.69, 9.17) is 16.3 Å². The number of sulfonamides is 1. The molecule has 202 valence electrons. The molecule has 1 aliphatic heterocycles. The number of rotatable bonds is 8. The summed E-state index contributed by atoms with van der Waals surface area (Å²) in [6, 6.07) is 5.83. The Morgan fingerprint density at radius 3 is 2.41 bits per heavy atom. The van der Waals surface area contributed by atoms with Gasteiger partial charge < -0.3 is 4.74 Å². The van der Waals surface area contributed by atoms with Crippen molar-refractivity contribution in [3.05, 3.63) is 63.4 Å². The molecule has 0 unspecified atom stereocenters. The van der Waals surface area contributed by atoms with Crippen LogP contribution in [0.15, 0.2) is 30.3 Å². The highest BCUT2D eigenvalue weighted by Gasteiger charge is 2.32. The van der Waals surface area contributed by atoms with Crippen LogP contribution in [-0.4, -0.2) is 45.2 Å². The second kappa shape index (κ2) is 10.8. The lowest BCUT2D eigenvalue weighted by atomic mass is 9.97. The van der Waals surface area contributed by atoms with E-state index in [2.05, 4.69) is 0 Å². The first-order valence-electron chi connectivity index (χ1n) is 11.9. The van der Waals surface area contributed by atoms with Gasteiger partial charge in [0, 0.05) is 17.6 Å². The van der Waals surface area contributed by atoms with Crippen LogP contribution in [0.2, 0.25) is 5.02 Å². The molecule has 0 atom stereocenters. The highest BCUT2D eigenvalue weighted by atomic mass is 35.5. The van der Waals surface area contributed by atoms with Gasteiger partial charge in [-0.25, -0.2) is 17.5 Å². The minimum atomic E-state index is -4.43. The zero-order valence-corrected chi connectivity index (χ0v) is 21.6. The highest BCUT2D eigenvalue weighted by Crippen LogP contribution is 2.45. The van der Waals surface area contributed by atoms with E-state index in [1.165, 1.54) is 12.1 Å². The number of benzene rings is 2. The van der Waals surface area contributed by atoms with Crippen LogP contribution in [0, 0.1) is 11.7 Å². The average Bonchev–Trinajstić information content (AvgIpc) is 3.63. The summed E-state index contributed by atoms with van der Waals surface area (Å²) in [5.41, 5.74) is 0.0300. The summed E-state index contributed by atoms with van der Waals surface area (Å²) in [5, 5.41) is 0.293. The van der Waals surface area contributed by atoms with Crippen LogP contribution >= 0.6 is 11.6 Å². The molecule has 0 aromatic heterocycles. The fourth-order valence-corrected chi connectivity index (χ4v) is 5.06. The Hall–Kier alpha value is -2.37. The molecule has 37 heavy (non-hydrogen) atoms. The topological polar surface area (TPSA) is 75.7 Å². The third kappa shape index (κ3) is 7.36. The molecule has 4 rings (SSSR count). The Morgan fingerprint density at radius 1 is 1.14 bits per heavy atom. The Labute approximate surface area is 218 Å². The van der Waals surface area contributed by atoms with Crippen molar-refractivity contribution < 1.29 is 35.5 Å². The summed E-state index contributed by atoms with van der Waals surface area (Å²) in [6.45, 7) is 1.93. The second-order valence-electron chi connectivity index (χ2n) is 9.68. The standard InChI is InChI=1S/C25H27ClF4N2O4S/c1-37(34,35)31-24(33)20-11-19(16-2-3-16)23(12-22(20)27)36-14-15-6-8-32(9-7-15)13-17-10-18(25(28,29)30)4-5-21(17)26/h4-5,10-12,15-16H,2-3,6-9,13-14H2,1H3,(H,31,33). The first-order chi connectivity index (χ1) is 17.3. The molecule has 12 heteroatoms. The van der Waals surface area contributed by atoms with E-state index in [0.717, 1.165) is 50.1 Å². The van der Waals surface area contributed by atoms with Gasteiger partial charge in [-0.1, -0.05) is 11.6 Å².